The lowest BCUT2D eigenvalue weighted by molar-refractivity contribution is 1.33. The van der Waals surface area contributed by atoms with Crippen molar-refractivity contribution in [3.63, 3.8) is 0 Å². The predicted octanol–water partition coefficient (Wildman–Crippen LogP) is 4.36. The van der Waals surface area contributed by atoms with E-state index in [-0.39, 0.29) is 0 Å². The van der Waals surface area contributed by atoms with Crippen molar-refractivity contribution in [1.29, 1.82) is 0 Å². The molecular formula is C12H9Cl2N. The quantitative estimate of drug-likeness (QED) is 0.719. The average Bonchev–Trinajstić information content (AvgIpc) is 2.26. The highest BCUT2D eigenvalue weighted by molar-refractivity contribution is 6.36. The Morgan fingerprint density at radius 2 is 1.73 bits per heavy atom. The Hall–Kier alpha value is -1.05. The van der Waals surface area contributed by atoms with Crippen molar-refractivity contribution in [2.45, 2.75) is 6.92 Å². The van der Waals surface area contributed by atoms with Crippen LogP contribution in [0.15, 0.2) is 36.7 Å². The summed E-state index contributed by atoms with van der Waals surface area (Å²) in [7, 11) is 0. The smallest absolute Gasteiger partial charge is 0.0456 e. The van der Waals surface area contributed by atoms with Gasteiger partial charge in [0.2, 0.25) is 0 Å². The molecule has 0 aliphatic rings. The van der Waals surface area contributed by atoms with E-state index in [9.17, 15) is 0 Å². The van der Waals surface area contributed by atoms with Crippen molar-refractivity contribution in [3.05, 3.63) is 52.3 Å². The van der Waals surface area contributed by atoms with Gasteiger partial charge in [-0.1, -0.05) is 29.3 Å². The highest BCUT2D eigenvalue weighted by atomic mass is 35.5. The fourth-order valence-electron chi connectivity index (χ4n) is 1.35. The molecule has 0 saturated heterocycles. The van der Waals surface area contributed by atoms with Gasteiger partial charge in [-0.2, -0.15) is 0 Å². The van der Waals surface area contributed by atoms with Crippen LogP contribution in [0, 0.1) is 6.92 Å². The lowest BCUT2D eigenvalue weighted by Gasteiger charge is -2.06. The van der Waals surface area contributed by atoms with Gasteiger partial charge in [0.25, 0.3) is 0 Å². The number of benzene rings is 1. The normalized spacial score (nSPS) is 10.3. The molecule has 0 unspecified atom stereocenters. The topological polar surface area (TPSA) is 12.9 Å². The first-order valence-corrected chi connectivity index (χ1v) is 5.30. The molecular weight excluding hydrogens is 229 g/mol. The van der Waals surface area contributed by atoms with E-state index in [1.165, 1.54) is 0 Å². The van der Waals surface area contributed by atoms with E-state index in [4.69, 9.17) is 23.2 Å². The molecule has 1 aromatic heterocycles. The van der Waals surface area contributed by atoms with E-state index in [1.807, 2.05) is 31.2 Å². The molecule has 3 heteroatoms. The summed E-state index contributed by atoms with van der Waals surface area (Å²) in [5.74, 6) is 0. The molecule has 0 atom stereocenters. The molecule has 0 saturated carbocycles. The van der Waals surface area contributed by atoms with E-state index in [2.05, 4.69) is 4.98 Å². The molecule has 0 N–H and O–H groups in total. The lowest BCUT2D eigenvalue weighted by Crippen LogP contribution is -1.83. The number of pyridine rings is 1. The summed E-state index contributed by atoms with van der Waals surface area (Å²) >= 11 is 12.1. The Labute approximate surface area is 98.7 Å². The SMILES string of the molecule is Cc1c(Cl)cc(-c2cccnc2)cc1Cl. The van der Waals surface area contributed by atoms with E-state index < -0.39 is 0 Å². The van der Waals surface area contributed by atoms with Gasteiger partial charge in [0, 0.05) is 28.0 Å². The van der Waals surface area contributed by atoms with Crippen LogP contribution >= 0.6 is 23.2 Å². The predicted molar refractivity (Wildman–Crippen MR) is 64.4 cm³/mol. The van der Waals surface area contributed by atoms with Crippen molar-refractivity contribution in [2.75, 3.05) is 0 Å². The van der Waals surface area contributed by atoms with Gasteiger partial charge in [0.05, 0.1) is 0 Å². The van der Waals surface area contributed by atoms with Gasteiger partial charge >= 0.3 is 0 Å². The van der Waals surface area contributed by atoms with Crippen LogP contribution in [0.2, 0.25) is 10.0 Å². The van der Waals surface area contributed by atoms with Crippen LogP contribution < -0.4 is 0 Å². The maximum atomic E-state index is 6.06. The Balaban J connectivity index is 2.56. The van der Waals surface area contributed by atoms with Crippen LogP contribution in [-0.4, -0.2) is 4.98 Å². The van der Waals surface area contributed by atoms with Gasteiger partial charge in [-0.15, -0.1) is 0 Å². The molecule has 2 aromatic rings. The minimum Gasteiger partial charge on any atom is -0.264 e. The third-order valence-electron chi connectivity index (χ3n) is 2.28. The second-order valence-corrected chi connectivity index (χ2v) is 4.12. The molecule has 0 fully saturated rings. The zero-order chi connectivity index (χ0) is 10.8. The zero-order valence-corrected chi connectivity index (χ0v) is 9.68. The maximum absolute atomic E-state index is 6.06. The van der Waals surface area contributed by atoms with E-state index in [0.717, 1.165) is 16.7 Å². The van der Waals surface area contributed by atoms with Crippen LogP contribution in [0.1, 0.15) is 5.56 Å². The van der Waals surface area contributed by atoms with Gasteiger partial charge in [0.15, 0.2) is 0 Å². The highest BCUT2D eigenvalue weighted by Gasteiger charge is 2.05. The summed E-state index contributed by atoms with van der Waals surface area (Å²) in [4.78, 5) is 4.06. The van der Waals surface area contributed by atoms with Crippen molar-refractivity contribution >= 4 is 23.2 Å². The zero-order valence-electron chi connectivity index (χ0n) is 8.17. The first-order valence-electron chi connectivity index (χ1n) is 4.54. The molecule has 0 aliphatic carbocycles. The molecule has 1 aromatic carbocycles. The Kier molecular flexibility index (Phi) is 2.94. The number of hydrogen-bond donors (Lipinski definition) is 0. The summed E-state index contributed by atoms with van der Waals surface area (Å²) in [6.07, 6.45) is 3.53. The Morgan fingerprint density at radius 3 is 2.27 bits per heavy atom. The van der Waals surface area contributed by atoms with Gasteiger partial charge in [-0.05, 0) is 36.2 Å². The lowest BCUT2D eigenvalue weighted by atomic mass is 10.1. The fourth-order valence-corrected chi connectivity index (χ4v) is 1.83. The largest absolute Gasteiger partial charge is 0.264 e. The molecule has 0 spiro atoms. The molecule has 1 nitrogen and oxygen atoms in total. The second-order valence-electron chi connectivity index (χ2n) is 3.31. The molecule has 0 amide bonds. The molecule has 2 rings (SSSR count). The molecule has 0 radical (unpaired) electrons. The van der Waals surface area contributed by atoms with Crippen LogP contribution in [0.4, 0.5) is 0 Å². The van der Waals surface area contributed by atoms with Gasteiger partial charge in [-0.3, -0.25) is 4.98 Å². The minimum atomic E-state index is 0.682. The highest BCUT2D eigenvalue weighted by Crippen LogP contribution is 2.30. The molecule has 15 heavy (non-hydrogen) atoms. The van der Waals surface area contributed by atoms with Crippen molar-refractivity contribution in [1.82, 2.24) is 4.98 Å². The summed E-state index contributed by atoms with van der Waals surface area (Å²) in [6.45, 7) is 1.90. The Bertz CT molecular complexity index is 457. The third-order valence-corrected chi connectivity index (χ3v) is 3.06. The van der Waals surface area contributed by atoms with Crippen LogP contribution in [-0.2, 0) is 0 Å². The van der Waals surface area contributed by atoms with Gasteiger partial charge in [0.1, 0.15) is 0 Å². The van der Waals surface area contributed by atoms with E-state index in [0.29, 0.717) is 10.0 Å². The number of rotatable bonds is 1. The summed E-state index contributed by atoms with van der Waals surface area (Å²) in [6, 6.07) is 7.67. The van der Waals surface area contributed by atoms with E-state index >= 15 is 0 Å². The third kappa shape index (κ3) is 2.14. The monoisotopic (exact) mass is 237 g/mol. The van der Waals surface area contributed by atoms with E-state index in [1.54, 1.807) is 12.4 Å². The first-order chi connectivity index (χ1) is 7.18. The fraction of sp³-hybridized carbons (Fsp3) is 0.0833. The maximum Gasteiger partial charge on any atom is 0.0456 e. The Morgan fingerprint density at radius 1 is 1.07 bits per heavy atom. The van der Waals surface area contributed by atoms with Crippen molar-refractivity contribution in [3.8, 4) is 11.1 Å². The van der Waals surface area contributed by atoms with Crippen molar-refractivity contribution in [2.24, 2.45) is 0 Å². The number of halogens is 2. The first kappa shape index (κ1) is 10.5. The number of nitrogens with zero attached hydrogens (tertiary/aromatic N) is 1. The van der Waals surface area contributed by atoms with Gasteiger partial charge < -0.3 is 0 Å². The summed E-state index contributed by atoms with van der Waals surface area (Å²) in [5.41, 5.74) is 2.91. The molecule has 0 bridgehead atoms. The number of hydrogen-bond acceptors (Lipinski definition) is 1. The minimum absolute atomic E-state index is 0.682. The summed E-state index contributed by atoms with van der Waals surface area (Å²) in [5, 5.41) is 1.36. The van der Waals surface area contributed by atoms with Crippen molar-refractivity contribution < 1.29 is 0 Å². The van der Waals surface area contributed by atoms with Crippen LogP contribution in [0.25, 0.3) is 11.1 Å². The molecule has 0 aliphatic heterocycles. The molecule has 1 heterocycles. The van der Waals surface area contributed by atoms with Crippen LogP contribution in [0.5, 0.6) is 0 Å². The van der Waals surface area contributed by atoms with Gasteiger partial charge in [-0.25, -0.2) is 0 Å². The molecule has 76 valence electrons. The standard InChI is InChI=1S/C12H9Cl2N/c1-8-11(13)5-10(6-12(8)14)9-3-2-4-15-7-9/h2-7H,1H3. The average molecular weight is 238 g/mol. The number of aromatic nitrogens is 1. The summed E-state index contributed by atoms with van der Waals surface area (Å²) < 4.78 is 0. The van der Waals surface area contributed by atoms with Crippen LogP contribution in [0.3, 0.4) is 0 Å². The second kappa shape index (κ2) is 4.21.